The summed E-state index contributed by atoms with van der Waals surface area (Å²) in [6.45, 7) is 10.4. The number of halogens is 1. The molecule has 6 nitrogen and oxygen atoms in total. The third-order valence-corrected chi connectivity index (χ3v) is 5.88. The third kappa shape index (κ3) is 9.50. The highest BCUT2D eigenvalue weighted by atomic mass is 127. The monoisotopic (exact) mass is 538 g/mol. The molecule has 0 aromatic carbocycles. The standard InChI is InChI=1S/C21H38N4O2S.HI/c1-5-22-21(24-13-18(26)15-27-14-16(2)3)23-12-17-8-6-10-25(4)20(17)19-9-7-11-28-19;/h7,9,11,16-18,20,26H,5-6,8,10,12-15H2,1-4H3,(H2,22,23,24);1H. The van der Waals surface area contributed by atoms with Crippen molar-refractivity contribution in [2.75, 3.05) is 46.4 Å². The highest BCUT2D eigenvalue weighted by molar-refractivity contribution is 14.0. The van der Waals surface area contributed by atoms with Crippen LogP contribution in [0.1, 0.15) is 44.5 Å². The zero-order chi connectivity index (χ0) is 20.4. The van der Waals surface area contributed by atoms with E-state index in [0.29, 0.717) is 37.6 Å². The molecule has 0 bridgehead atoms. The van der Waals surface area contributed by atoms with Gasteiger partial charge in [0.15, 0.2) is 5.96 Å². The number of rotatable bonds is 10. The molecule has 1 saturated heterocycles. The molecule has 3 atom stereocenters. The summed E-state index contributed by atoms with van der Waals surface area (Å²) in [7, 11) is 2.23. The lowest BCUT2D eigenvalue weighted by atomic mass is 9.88. The van der Waals surface area contributed by atoms with Gasteiger partial charge < -0.3 is 20.5 Å². The lowest BCUT2D eigenvalue weighted by Gasteiger charge is -2.39. The Balaban J connectivity index is 0.00000420. The van der Waals surface area contributed by atoms with Gasteiger partial charge in [-0.3, -0.25) is 9.89 Å². The maximum Gasteiger partial charge on any atom is 0.191 e. The lowest BCUT2D eigenvalue weighted by molar-refractivity contribution is 0.0301. The van der Waals surface area contributed by atoms with E-state index >= 15 is 0 Å². The summed E-state index contributed by atoms with van der Waals surface area (Å²) < 4.78 is 5.51. The molecule has 0 spiro atoms. The van der Waals surface area contributed by atoms with Crippen molar-refractivity contribution in [3.63, 3.8) is 0 Å². The Morgan fingerprint density at radius 2 is 2.17 bits per heavy atom. The van der Waals surface area contributed by atoms with Crippen molar-refractivity contribution < 1.29 is 9.84 Å². The molecule has 1 fully saturated rings. The summed E-state index contributed by atoms with van der Waals surface area (Å²) >= 11 is 1.84. The van der Waals surface area contributed by atoms with Gasteiger partial charge >= 0.3 is 0 Å². The molecule has 0 aliphatic carbocycles. The molecule has 0 amide bonds. The fraction of sp³-hybridized carbons (Fsp3) is 0.762. The van der Waals surface area contributed by atoms with E-state index in [1.807, 2.05) is 11.3 Å². The SMILES string of the molecule is CCNC(=NCC(O)COCC(C)C)NCC1CCCN(C)C1c1cccs1.I. The second-order valence-electron chi connectivity index (χ2n) is 8.03. The van der Waals surface area contributed by atoms with Crippen molar-refractivity contribution in [2.24, 2.45) is 16.8 Å². The van der Waals surface area contributed by atoms with Crippen LogP contribution in [0.4, 0.5) is 0 Å². The van der Waals surface area contributed by atoms with Crippen LogP contribution in [0, 0.1) is 11.8 Å². The number of aliphatic hydroxyl groups is 1. The summed E-state index contributed by atoms with van der Waals surface area (Å²) in [5.74, 6) is 1.78. The highest BCUT2D eigenvalue weighted by Crippen LogP contribution is 2.36. The highest BCUT2D eigenvalue weighted by Gasteiger charge is 2.31. The molecule has 3 N–H and O–H groups in total. The second kappa shape index (κ2) is 14.6. The van der Waals surface area contributed by atoms with Gasteiger partial charge in [-0.25, -0.2) is 0 Å². The van der Waals surface area contributed by atoms with Gasteiger partial charge in [-0.1, -0.05) is 19.9 Å². The average Bonchev–Trinajstić information content (AvgIpc) is 3.18. The molecule has 1 aromatic heterocycles. The number of hydrogen-bond acceptors (Lipinski definition) is 5. The van der Waals surface area contributed by atoms with E-state index in [1.165, 1.54) is 17.7 Å². The van der Waals surface area contributed by atoms with E-state index in [-0.39, 0.29) is 24.0 Å². The van der Waals surface area contributed by atoms with Crippen molar-refractivity contribution in [3.8, 4) is 0 Å². The van der Waals surface area contributed by atoms with Crippen molar-refractivity contribution in [1.29, 1.82) is 0 Å². The number of hydrogen-bond donors (Lipinski definition) is 3. The van der Waals surface area contributed by atoms with E-state index in [4.69, 9.17) is 4.74 Å². The first-order chi connectivity index (χ1) is 13.5. The first-order valence-electron chi connectivity index (χ1n) is 10.5. The minimum absolute atomic E-state index is 0. The predicted octanol–water partition coefficient (Wildman–Crippen LogP) is 3.34. The summed E-state index contributed by atoms with van der Waals surface area (Å²) in [5, 5.41) is 19.1. The Hall–Kier alpha value is -0.420. The maximum absolute atomic E-state index is 10.1. The van der Waals surface area contributed by atoms with Gasteiger partial charge in [0.1, 0.15) is 0 Å². The molecular formula is C21H39IN4O2S. The van der Waals surface area contributed by atoms with Crippen molar-refractivity contribution in [2.45, 2.75) is 45.8 Å². The maximum atomic E-state index is 10.1. The Bertz CT molecular complexity index is 571. The van der Waals surface area contributed by atoms with Crippen LogP contribution in [0.5, 0.6) is 0 Å². The molecule has 29 heavy (non-hydrogen) atoms. The molecule has 168 valence electrons. The van der Waals surface area contributed by atoms with Crippen molar-refractivity contribution in [3.05, 3.63) is 22.4 Å². The van der Waals surface area contributed by atoms with Crippen LogP contribution in [-0.2, 0) is 4.74 Å². The second-order valence-corrected chi connectivity index (χ2v) is 9.01. The fourth-order valence-corrected chi connectivity index (χ4v) is 4.62. The first-order valence-corrected chi connectivity index (χ1v) is 11.4. The third-order valence-electron chi connectivity index (χ3n) is 4.94. The van der Waals surface area contributed by atoms with Crippen molar-refractivity contribution >= 4 is 41.3 Å². The van der Waals surface area contributed by atoms with E-state index in [0.717, 1.165) is 25.6 Å². The lowest BCUT2D eigenvalue weighted by Crippen LogP contribution is -2.45. The first kappa shape index (κ1) is 26.6. The zero-order valence-corrected chi connectivity index (χ0v) is 21.4. The number of guanidine groups is 1. The summed E-state index contributed by atoms with van der Waals surface area (Å²) in [4.78, 5) is 8.47. The molecule has 1 aromatic rings. The van der Waals surface area contributed by atoms with Gasteiger partial charge in [-0.05, 0) is 56.6 Å². The van der Waals surface area contributed by atoms with Gasteiger partial charge in [0.05, 0.1) is 19.3 Å². The van der Waals surface area contributed by atoms with Crippen LogP contribution < -0.4 is 10.6 Å². The van der Waals surface area contributed by atoms with Crippen LogP contribution in [0.15, 0.2) is 22.5 Å². The van der Waals surface area contributed by atoms with Gasteiger partial charge in [-0.15, -0.1) is 35.3 Å². The largest absolute Gasteiger partial charge is 0.389 e. The minimum Gasteiger partial charge on any atom is -0.389 e. The van der Waals surface area contributed by atoms with E-state index < -0.39 is 6.10 Å². The molecule has 2 heterocycles. The number of aliphatic hydroxyl groups excluding tert-OH is 1. The van der Waals surface area contributed by atoms with Crippen LogP contribution >= 0.6 is 35.3 Å². The molecule has 0 radical (unpaired) electrons. The van der Waals surface area contributed by atoms with Crippen LogP contribution in [0.25, 0.3) is 0 Å². The van der Waals surface area contributed by atoms with E-state index in [2.05, 4.69) is 65.9 Å². The van der Waals surface area contributed by atoms with Gasteiger partial charge in [0, 0.05) is 30.6 Å². The Kier molecular flexibility index (Phi) is 13.4. The van der Waals surface area contributed by atoms with Crippen LogP contribution in [-0.4, -0.2) is 68.5 Å². The zero-order valence-electron chi connectivity index (χ0n) is 18.3. The number of piperidine rings is 1. The van der Waals surface area contributed by atoms with Crippen LogP contribution in [0.3, 0.4) is 0 Å². The number of nitrogens with one attached hydrogen (secondary N) is 2. The normalized spacial score (nSPS) is 21.7. The number of nitrogens with zero attached hydrogens (tertiary/aromatic N) is 2. The molecule has 1 aliphatic rings. The molecular weight excluding hydrogens is 499 g/mol. The molecule has 3 unspecified atom stereocenters. The van der Waals surface area contributed by atoms with Gasteiger partial charge in [0.25, 0.3) is 0 Å². The van der Waals surface area contributed by atoms with Gasteiger partial charge in [0.2, 0.25) is 0 Å². The minimum atomic E-state index is -0.575. The number of aliphatic imine (C=N–C) groups is 1. The Morgan fingerprint density at radius 3 is 2.83 bits per heavy atom. The van der Waals surface area contributed by atoms with E-state index in [9.17, 15) is 5.11 Å². The Labute approximate surface area is 197 Å². The average molecular weight is 539 g/mol. The number of thiophene rings is 1. The van der Waals surface area contributed by atoms with Crippen LogP contribution in [0.2, 0.25) is 0 Å². The molecule has 0 saturated carbocycles. The topological polar surface area (TPSA) is 69.1 Å². The van der Waals surface area contributed by atoms with Crippen molar-refractivity contribution in [1.82, 2.24) is 15.5 Å². The fourth-order valence-electron chi connectivity index (χ4n) is 3.64. The summed E-state index contributed by atoms with van der Waals surface area (Å²) in [6.07, 6.45) is 1.86. The predicted molar refractivity (Wildman–Crippen MR) is 133 cm³/mol. The Morgan fingerprint density at radius 1 is 1.38 bits per heavy atom. The number of ether oxygens (including phenoxy) is 1. The summed E-state index contributed by atoms with van der Waals surface area (Å²) in [5.41, 5.74) is 0. The molecule has 2 rings (SSSR count). The van der Waals surface area contributed by atoms with E-state index in [1.54, 1.807) is 0 Å². The molecule has 8 heteroatoms. The van der Waals surface area contributed by atoms with Gasteiger partial charge in [-0.2, -0.15) is 0 Å². The number of likely N-dealkylation sites (tertiary alicyclic amines) is 1. The summed E-state index contributed by atoms with van der Waals surface area (Å²) in [6, 6.07) is 4.84. The quantitative estimate of drug-likeness (QED) is 0.242. The molecule has 1 aliphatic heterocycles. The smallest absolute Gasteiger partial charge is 0.191 e.